The number of benzene rings is 1. The number of piperazine rings is 1. The summed E-state index contributed by atoms with van der Waals surface area (Å²) in [7, 11) is 1.85. The molecule has 1 fully saturated rings. The lowest BCUT2D eigenvalue weighted by Gasteiger charge is -2.31. The summed E-state index contributed by atoms with van der Waals surface area (Å²) in [6, 6.07) is 8.59. The molecule has 0 spiro atoms. The van der Waals surface area contributed by atoms with Crippen molar-refractivity contribution in [3.8, 4) is 11.3 Å². The zero-order chi connectivity index (χ0) is 15.7. The molecule has 0 saturated carbocycles. The van der Waals surface area contributed by atoms with E-state index in [1.807, 2.05) is 7.05 Å². The van der Waals surface area contributed by atoms with Crippen LogP contribution in [0, 0.1) is 0 Å². The van der Waals surface area contributed by atoms with E-state index in [0.717, 1.165) is 29.5 Å². The minimum Gasteiger partial charge on any atom is -0.342 e. The maximum atomic E-state index is 11.8. The number of carbonyl (C=O) groups is 1. The Kier molecular flexibility index (Phi) is 4.16. The Morgan fingerprint density at radius 1 is 1.18 bits per heavy atom. The Bertz CT molecular complexity index is 663. The van der Waals surface area contributed by atoms with Gasteiger partial charge in [0.2, 0.25) is 5.91 Å². The highest BCUT2D eigenvalue weighted by molar-refractivity contribution is 7.14. The maximum absolute atomic E-state index is 11.8. The van der Waals surface area contributed by atoms with Gasteiger partial charge in [0.1, 0.15) is 0 Å². The predicted molar refractivity (Wildman–Crippen MR) is 91.5 cm³/mol. The van der Waals surface area contributed by atoms with Crippen molar-refractivity contribution in [3.05, 3.63) is 35.2 Å². The Hall–Kier alpha value is -1.88. The van der Waals surface area contributed by atoms with E-state index in [-0.39, 0.29) is 5.91 Å². The Balaban J connectivity index is 1.77. The smallest absolute Gasteiger partial charge is 0.241 e. The lowest BCUT2D eigenvalue weighted by molar-refractivity contribution is -0.129. The van der Waals surface area contributed by atoms with Crippen LogP contribution in [0.2, 0.25) is 0 Å². The molecule has 22 heavy (non-hydrogen) atoms. The van der Waals surface area contributed by atoms with Gasteiger partial charge in [-0.15, -0.1) is 11.3 Å². The molecule has 0 bridgehead atoms. The zero-order valence-corrected chi connectivity index (χ0v) is 14.1. The minimum absolute atomic E-state index is 0.157. The first-order valence-electron chi connectivity index (χ1n) is 7.59. The quantitative estimate of drug-likeness (QED) is 0.872. The van der Waals surface area contributed by atoms with E-state index in [0.29, 0.717) is 12.5 Å². The van der Waals surface area contributed by atoms with Crippen LogP contribution >= 0.6 is 11.3 Å². The van der Waals surface area contributed by atoms with Crippen molar-refractivity contribution >= 4 is 22.4 Å². The van der Waals surface area contributed by atoms with E-state index < -0.39 is 0 Å². The van der Waals surface area contributed by atoms with Gasteiger partial charge in [-0.3, -0.25) is 4.79 Å². The lowest BCUT2D eigenvalue weighted by atomic mass is 10.0. The third-order valence-electron chi connectivity index (χ3n) is 4.09. The van der Waals surface area contributed by atoms with E-state index in [9.17, 15) is 4.79 Å². The van der Waals surface area contributed by atoms with Gasteiger partial charge in [0, 0.05) is 31.1 Å². The summed E-state index contributed by atoms with van der Waals surface area (Å²) in [6.07, 6.45) is 0. The second-order valence-electron chi connectivity index (χ2n) is 6.03. The Morgan fingerprint density at radius 2 is 1.91 bits per heavy atom. The van der Waals surface area contributed by atoms with Crippen LogP contribution in [0.1, 0.15) is 25.3 Å². The van der Waals surface area contributed by atoms with Gasteiger partial charge in [-0.05, 0) is 11.5 Å². The normalized spacial score (nSPS) is 15.7. The van der Waals surface area contributed by atoms with Crippen LogP contribution in [-0.2, 0) is 4.79 Å². The van der Waals surface area contributed by atoms with Crippen LogP contribution in [0.25, 0.3) is 11.3 Å². The molecule has 0 N–H and O–H groups in total. The molecule has 1 aromatic carbocycles. The third-order valence-corrected chi connectivity index (χ3v) is 4.99. The molecule has 0 unspecified atom stereocenters. The molecule has 1 aliphatic rings. The molecule has 116 valence electrons. The first-order chi connectivity index (χ1) is 10.5. The summed E-state index contributed by atoms with van der Waals surface area (Å²) < 4.78 is 0. The lowest BCUT2D eigenvalue weighted by Crippen LogP contribution is -2.48. The third kappa shape index (κ3) is 2.99. The summed E-state index contributed by atoms with van der Waals surface area (Å²) in [6.45, 7) is 6.43. The zero-order valence-electron chi connectivity index (χ0n) is 13.2. The first-order valence-corrected chi connectivity index (χ1v) is 8.47. The van der Waals surface area contributed by atoms with Crippen molar-refractivity contribution in [2.24, 2.45) is 0 Å². The molecular weight excluding hydrogens is 294 g/mol. The molecule has 2 heterocycles. The largest absolute Gasteiger partial charge is 0.342 e. The summed E-state index contributed by atoms with van der Waals surface area (Å²) in [4.78, 5) is 20.4. The number of hydrogen-bond donors (Lipinski definition) is 0. The molecular formula is C17H21N3OS. The molecule has 0 atom stereocenters. The van der Waals surface area contributed by atoms with Gasteiger partial charge in [0.05, 0.1) is 12.2 Å². The molecule has 1 saturated heterocycles. The van der Waals surface area contributed by atoms with Crippen molar-refractivity contribution < 1.29 is 4.79 Å². The topological polar surface area (TPSA) is 36.4 Å². The van der Waals surface area contributed by atoms with Crippen molar-refractivity contribution in [2.45, 2.75) is 19.8 Å². The summed E-state index contributed by atoms with van der Waals surface area (Å²) in [5, 5.41) is 3.01. The van der Waals surface area contributed by atoms with Crippen LogP contribution in [0.3, 0.4) is 0 Å². The Morgan fingerprint density at radius 3 is 2.55 bits per heavy atom. The number of rotatable bonds is 3. The highest BCUT2D eigenvalue weighted by atomic mass is 32.1. The first kappa shape index (κ1) is 15.0. The number of amides is 1. The van der Waals surface area contributed by atoms with Crippen LogP contribution in [0.15, 0.2) is 29.6 Å². The fraction of sp³-hybridized carbons (Fsp3) is 0.412. The summed E-state index contributed by atoms with van der Waals surface area (Å²) in [5.41, 5.74) is 3.46. The van der Waals surface area contributed by atoms with E-state index in [1.54, 1.807) is 16.2 Å². The standard InChI is InChI=1S/C17H21N3OS/c1-12(2)13-4-6-14(7-5-13)15-11-22-17(18-15)20-9-8-19(3)16(21)10-20/h4-7,11-12H,8-10H2,1-3H3. The van der Waals surface area contributed by atoms with Crippen LogP contribution in [-0.4, -0.2) is 42.5 Å². The van der Waals surface area contributed by atoms with Gasteiger partial charge in [0.15, 0.2) is 5.13 Å². The molecule has 0 aliphatic carbocycles. The van der Waals surface area contributed by atoms with Crippen molar-refractivity contribution in [1.82, 2.24) is 9.88 Å². The molecule has 5 heteroatoms. The molecule has 4 nitrogen and oxygen atoms in total. The fourth-order valence-corrected chi connectivity index (χ4v) is 3.36. The number of thiazole rings is 1. The average Bonchev–Trinajstić information content (AvgIpc) is 3.00. The SMILES string of the molecule is CC(C)c1ccc(-c2csc(N3CCN(C)C(=O)C3)n2)cc1. The van der Waals surface area contributed by atoms with Crippen molar-refractivity contribution in [3.63, 3.8) is 0 Å². The maximum Gasteiger partial charge on any atom is 0.241 e. The summed E-state index contributed by atoms with van der Waals surface area (Å²) >= 11 is 1.61. The van der Waals surface area contributed by atoms with E-state index in [4.69, 9.17) is 4.98 Å². The van der Waals surface area contributed by atoms with E-state index >= 15 is 0 Å². The number of hydrogen-bond acceptors (Lipinski definition) is 4. The predicted octanol–water partition coefficient (Wildman–Crippen LogP) is 3.21. The van der Waals surface area contributed by atoms with Crippen LogP contribution < -0.4 is 4.90 Å². The molecule has 1 aliphatic heterocycles. The van der Waals surface area contributed by atoms with Gasteiger partial charge in [-0.25, -0.2) is 4.98 Å². The van der Waals surface area contributed by atoms with Gasteiger partial charge >= 0.3 is 0 Å². The highest BCUT2D eigenvalue weighted by Gasteiger charge is 2.23. The van der Waals surface area contributed by atoms with Crippen molar-refractivity contribution in [2.75, 3.05) is 31.6 Å². The molecule has 2 aromatic rings. The number of aromatic nitrogens is 1. The minimum atomic E-state index is 0.157. The second kappa shape index (κ2) is 6.08. The molecule has 1 aromatic heterocycles. The number of anilines is 1. The van der Waals surface area contributed by atoms with Gasteiger partial charge < -0.3 is 9.80 Å². The number of likely N-dealkylation sites (N-methyl/N-ethyl adjacent to an activating group) is 1. The van der Waals surface area contributed by atoms with Gasteiger partial charge in [-0.2, -0.15) is 0 Å². The van der Waals surface area contributed by atoms with Crippen LogP contribution in [0.5, 0.6) is 0 Å². The summed E-state index contributed by atoms with van der Waals surface area (Å²) in [5.74, 6) is 0.695. The monoisotopic (exact) mass is 315 g/mol. The molecule has 0 radical (unpaired) electrons. The molecule has 1 amide bonds. The Labute approximate surface area is 135 Å². The van der Waals surface area contributed by atoms with E-state index in [2.05, 4.69) is 48.4 Å². The highest BCUT2D eigenvalue weighted by Crippen LogP contribution is 2.29. The second-order valence-corrected chi connectivity index (χ2v) is 6.87. The van der Waals surface area contributed by atoms with E-state index in [1.165, 1.54) is 5.56 Å². The van der Waals surface area contributed by atoms with Crippen molar-refractivity contribution in [1.29, 1.82) is 0 Å². The fourth-order valence-electron chi connectivity index (χ4n) is 2.50. The average molecular weight is 315 g/mol. The van der Waals surface area contributed by atoms with Crippen LogP contribution in [0.4, 0.5) is 5.13 Å². The number of nitrogens with zero attached hydrogens (tertiary/aromatic N) is 3. The van der Waals surface area contributed by atoms with Gasteiger partial charge in [0.25, 0.3) is 0 Å². The van der Waals surface area contributed by atoms with Gasteiger partial charge in [-0.1, -0.05) is 38.1 Å². The number of carbonyl (C=O) groups excluding carboxylic acids is 1. The molecule has 3 rings (SSSR count).